The molecular weight excluding hydrogens is 366 g/mol. The maximum absolute atomic E-state index is 11.3. The van der Waals surface area contributed by atoms with Gasteiger partial charge in [0.2, 0.25) is 0 Å². The lowest BCUT2D eigenvalue weighted by Gasteiger charge is -2.22. The van der Waals surface area contributed by atoms with E-state index >= 15 is 0 Å². The predicted octanol–water partition coefficient (Wildman–Crippen LogP) is 3.84. The van der Waals surface area contributed by atoms with Crippen LogP contribution in [0.3, 0.4) is 0 Å². The summed E-state index contributed by atoms with van der Waals surface area (Å²) in [5, 5.41) is 10.4. The number of aliphatic hydroxyl groups is 1. The van der Waals surface area contributed by atoms with Crippen molar-refractivity contribution in [2.45, 2.75) is 46.6 Å². The van der Waals surface area contributed by atoms with E-state index in [9.17, 15) is 9.90 Å². The van der Waals surface area contributed by atoms with Crippen LogP contribution < -0.4 is 9.47 Å². The molecule has 0 saturated heterocycles. The molecule has 2 rings (SSSR count). The molecule has 1 atom stereocenters. The van der Waals surface area contributed by atoms with Crippen LogP contribution in [0.4, 0.5) is 0 Å². The maximum Gasteiger partial charge on any atom is 0.308 e. The smallest absolute Gasteiger partial charge is 0.308 e. The lowest BCUT2D eigenvalue weighted by atomic mass is 10.0. The van der Waals surface area contributed by atoms with E-state index in [1.807, 2.05) is 40.0 Å². The van der Waals surface area contributed by atoms with Gasteiger partial charge in [0.15, 0.2) is 0 Å². The van der Waals surface area contributed by atoms with E-state index in [1.165, 1.54) is 12.5 Å². The van der Waals surface area contributed by atoms with Crippen molar-refractivity contribution in [2.24, 2.45) is 0 Å². The van der Waals surface area contributed by atoms with E-state index in [0.717, 1.165) is 36.1 Å². The number of hydrogen-bond acceptors (Lipinski definition) is 5. The molecule has 2 aromatic rings. The highest BCUT2D eigenvalue weighted by atomic mass is 16.5. The Kier molecular flexibility index (Phi) is 8.68. The van der Waals surface area contributed by atoms with Gasteiger partial charge in [-0.2, -0.15) is 0 Å². The fourth-order valence-electron chi connectivity index (χ4n) is 3.36. The van der Waals surface area contributed by atoms with Gasteiger partial charge < -0.3 is 19.5 Å². The standard InChI is InChI=1S/C24H33NO4/c1-17-14-23(18(2)19(3)24(17)29-20(4)26)28-16-22(27)15-25(5)13-9-12-21-10-7-6-8-11-21/h6-8,10-11,14,22,27H,9,12-13,15-16H2,1-5H3. The van der Waals surface area contributed by atoms with Crippen LogP contribution in [0, 0.1) is 20.8 Å². The Hall–Kier alpha value is -2.37. The summed E-state index contributed by atoms with van der Waals surface area (Å²) in [5.74, 6) is 0.956. The molecule has 0 fully saturated rings. The van der Waals surface area contributed by atoms with Crippen molar-refractivity contribution in [1.29, 1.82) is 0 Å². The van der Waals surface area contributed by atoms with E-state index < -0.39 is 6.10 Å². The van der Waals surface area contributed by atoms with Gasteiger partial charge in [-0.1, -0.05) is 30.3 Å². The summed E-state index contributed by atoms with van der Waals surface area (Å²) >= 11 is 0. The van der Waals surface area contributed by atoms with Crippen molar-refractivity contribution in [3.8, 4) is 11.5 Å². The lowest BCUT2D eigenvalue weighted by Crippen LogP contribution is -2.33. The molecule has 0 bridgehead atoms. The monoisotopic (exact) mass is 399 g/mol. The van der Waals surface area contributed by atoms with Gasteiger partial charge in [0.1, 0.15) is 24.2 Å². The minimum Gasteiger partial charge on any atom is -0.491 e. The summed E-state index contributed by atoms with van der Waals surface area (Å²) in [6, 6.07) is 12.3. The SMILES string of the molecule is CC(=O)Oc1c(C)cc(OCC(O)CN(C)CCCc2ccccc2)c(C)c1C. The van der Waals surface area contributed by atoms with Crippen molar-refractivity contribution in [1.82, 2.24) is 4.90 Å². The molecule has 0 heterocycles. The number of aliphatic hydroxyl groups excluding tert-OH is 1. The van der Waals surface area contributed by atoms with Gasteiger partial charge in [-0.3, -0.25) is 4.79 Å². The van der Waals surface area contributed by atoms with Gasteiger partial charge >= 0.3 is 5.97 Å². The highest BCUT2D eigenvalue weighted by Crippen LogP contribution is 2.33. The number of esters is 1. The van der Waals surface area contributed by atoms with Gasteiger partial charge in [-0.15, -0.1) is 0 Å². The number of carbonyl (C=O) groups excluding carboxylic acids is 1. The van der Waals surface area contributed by atoms with Crippen molar-refractivity contribution < 1.29 is 19.4 Å². The number of carbonyl (C=O) groups is 1. The summed E-state index contributed by atoms with van der Waals surface area (Å²) in [6.07, 6.45) is 1.50. The molecule has 0 spiro atoms. The molecule has 0 saturated carbocycles. The van der Waals surface area contributed by atoms with Crippen LogP contribution in [0.15, 0.2) is 36.4 Å². The maximum atomic E-state index is 11.3. The largest absolute Gasteiger partial charge is 0.491 e. The van der Waals surface area contributed by atoms with Crippen LogP contribution in [0.5, 0.6) is 11.5 Å². The van der Waals surface area contributed by atoms with Crippen LogP contribution in [0.1, 0.15) is 35.6 Å². The Bertz CT molecular complexity index is 804. The summed E-state index contributed by atoms with van der Waals surface area (Å²) in [6.45, 7) is 8.80. The molecule has 5 heteroatoms. The second-order valence-electron chi connectivity index (χ2n) is 7.68. The van der Waals surface area contributed by atoms with Crippen LogP contribution in [0.25, 0.3) is 0 Å². The van der Waals surface area contributed by atoms with E-state index in [0.29, 0.717) is 18.0 Å². The predicted molar refractivity (Wildman–Crippen MR) is 116 cm³/mol. The first kappa shape index (κ1) is 22.9. The quantitative estimate of drug-likeness (QED) is 0.486. The molecule has 5 nitrogen and oxygen atoms in total. The van der Waals surface area contributed by atoms with E-state index in [4.69, 9.17) is 9.47 Å². The highest BCUT2D eigenvalue weighted by molar-refractivity contribution is 5.71. The van der Waals surface area contributed by atoms with Crippen LogP contribution >= 0.6 is 0 Å². The first-order chi connectivity index (χ1) is 13.8. The zero-order chi connectivity index (χ0) is 21.4. The van der Waals surface area contributed by atoms with Crippen molar-refractivity contribution in [3.05, 3.63) is 58.7 Å². The van der Waals surface area contributed by atoms with Gasteiger partial charge in [0.05, 0.1) is 0 Å². The molecule has 0 aliphatic rings. The number of nitrogens with zero attached hydrogens (tertiary/aromatic N) is 1. The Morgan fingerprint density at radius 3 is 2.48 bits per heavy atom. The van der Waals surface area contributed by atoms with Crippen LogP contribution in [-0.4, -0.2) is 48.8 Å². The fourth-order valence-corrected chi connectivity index (χ4v) is 3.36. The van der Waals surface area contributed by atoms with Gasteiger partial charge in [-0.05, 0) is 75.5 Å². The number of ether oxygens (including phenoxy) is 2. The first-order valence-corrected chi connectivity index (χ1v) is 10.1. The molecule has 0 aliphatic carbocycles. The second kappa shape index (κ2) is 11.0. The Morgan fingerprint density at radius 1 is 1.14 bits per heavy atom. The number of hydrogen-bond donors (Lipinski definition) is 1. The molecule has 0 radical (unpaired) electrons. The Morgan fingerprint density at radius 2 is 1.83 bits per heavy atom. The Balaban J connectivity index is 1.82. The molecule has 0 aromatic heterocycles. The highest BCUT2D eigenvalue weighted by Gasteiger charge is 2.16. The normalized spacial score (nSPS) is 12.1. The average molecular weight is 400 g/mol. The molecule has 2 aromatic carbocycles. The molecule has 29 heavy (non-hydrogen) atoms. The second-order valence-corrected chi connectivity index (χ2v) is 7.68. The zero-order valence-electron chi connectivity index (χ0n) is 18.2. The molecular formula is C24H33NO4. The van der Waals surface area contributed by atoms with Crippen LogP contribution in [-0.2, 0) is 11.2 Å². The molecule has 0 amide bonds. The molecule has 1 unspecified atom stereocenters. The van der Waals surface area contributed by atoms with E-state index in [1.54, 1.807) is 0 Å². The van der Waals surface area contributed by atoms with Crippen LogP contribution in [0.2, 0.25) is 0 Å². The van der Waals surface area contributed by atoms with Gasteiger partial charge in [-0.25, -0.2) is 0 Å². The minimum atomic E-state index is -0.579. The van der Waals surface area contributed by atoms with Gasteiger partial charge in [0, 0.05) is 13.5 Å². The van der Waals surface area contributed by atoms with Crippen molar-refractivity contribution in [3.63, 3.8) is 0 Å². The summed E-state index contributed by atoms with van der Waals surface area (Å²) in [4.78, 5) is 13.4. The van der Waals surface area contributed by atoms with Crippen molar-refractivity contribution in [2.75, 3.05) is 26.7 Å². The number of likely N-dealkylation sites (N-methyl/N-ethyl adjacent to an activating group) is 1. The lowest BCUT2D eigenvalue weighted by molar-refractivity contribution is -0.131. The Labute approximate surface area is 174 Å². The van der Waals surface area contributed by atoms with E-state index in [2.05, 4.69) is 29.2 Å². The minimum absolute atomic E-state index is 0.218. The third kappa shape index (κ3) is 7.18. The third-order valence-electron chi connectivity index (χ3n) is 5.03. The number of benzene rings is 2. The number of aryl methyl sites for hydroxylation is 2. The zero-order valence-corrected chi connectivity index (χ0v) is 18.2. The summed E-state index contributed by atoms with van der Waals surface area (Å²) in [5.41, 5.74) is 3.96. The molecule has 1 N–H and O–H groups in total. The fraction of sp³-hybridized carbons (Fsp3) is 0.458. The first-order valence-electron chi connectivity index (χ1n) is 10.1. The summed E-state index contributed by atoms with van der Waals surface area (Å²) in [7, 11) is 2.02. The third-order valence-corrected chi connectivity index (χ3v) is 5.03. The molecule has 158 valence electrons. The molecule has 0 aliphatic heterocycles. The van der Waals surface area contributed by atoms with Crippen molar-refractivity contribution >= 4 is 5.97 Å². The topological polar surface area (TPSA) is 59.0 Å². The average Bonchev–Trinajstić information content (AvgIpc) is 2.67. The number of rotatable bonds is 10. The van der Waals surface area contributed by atoms with E-state index in [-0.39, 0.29) is 12.6 Å². The van der Waals surface area contributed by atoms with Gasteiger partial charge in [0.25, 0.3) is 0 Å². The summed E-state index contributed by atoms with van der Waals surface area (Å²) < 4.78 is 11.2.